The van der Waals surface area contributed by atoms with E-state index in [2.05, 4.69) is 10.6 Å². The molecule has 0 spiro atoms. The number of hydrogen-bond donors (Lipinski definition) is 3. The number of carbonyl (C=O) groups is 2. The minimum atomic E-state index is -0.843. The van der Waals surface area contributed by atoms with Crippen molar-refractivity contribution < 1.29 is 28.9 Å². The number of nitrogens with one attached hydrogen (secondary N) is 2. The van der Waals surface area contributed by atoms with Crippen molar-refractivity contribution in [2.45, 2.75) is 13.0 Å². The Morgan fingerprint density at radius 1 is 1.28 bits per heavy atom. The lowest BCUT2D eigenvalue weighted by Gasteiger charge is -2.29. The fourth-order valence-electron chi connectivity index (χ4n) is 2.50. The second-order valence-corrected chi connectivity index (χ2v) is 5.32. The van der Waals surface area contributed by atoms with Gasteiger partial charge in [0.25, 0.3) is 0 Å². The van der Waals surface area contributed by atoms with Crippen LogP contribution in [0.2, 0.25) is 0 Å². The van der Waals surface area contributed by atoms with Crippen LogP contribution < -0.4 is 20.1 Å². The molecular formula is C16H19ClN2O6. The maximum absolute atomic E-state index is 12.4. The maximum atomic E-state index is 12.4. The van der Waals surface area contributed by atoms with E-state index >= 15 is 0 Å². The van der Waals surface area contributed by atoms with Gasteiger partial charge in [-0.05, 0) is 24.6 Å². The third-order valence-corrected chi connectivity index (χ3v) is 3.89. The molecule has 1 atom stereocenters. The summed E-state index contributed by atoms with van der Waals surface area (Å²) in [5.74, 6) is -0.602. The first-order valence-corrected chi connectivity index (χ1v) is 7.98. The molecule has 1 aliphatic heterocycles. The molecule has 0 aliphatic carbocycles. The van der Waals surface area contributed by atoms with Crippen molar-refractivity contribution >= 4 is 23.6 Å². The fourth-order valence-corrected chi connectivity index (χ4v) is 2.71. The first-order valence-electron chi connectivity index (χ1n) is 7.45. The number of rotatable bonds is 6. The van der Waals surface area contributed by atoms with Gasteiger partial charge in [-0.2, -0.15) is 0 Å². The molecule has 0 bridgehead atoms. The van der Waals surface area contributed by atoms with E-state index in [1.807, 2.05) is 0 Å². The highest BCUT2D eigenvalue weighted by molar-refractivity contribution is 6.20. The summed E-state index contributed by atoms with van der Waals surface area (Å²) in [5, 5.41) is 15.2. The van der Waals surface area contributed by atoms with Gasteiger partial charge in [0.2, 0.25) is 5.75 Å². The van der Waals surface area contributed by atoms with Crippen LogP contribution in [0.1, 0.15) is 18.5 Å². The van der Waals surface area contributed by atoms with Crippen molar-refractivity contribution in [3.8, 4) is 17.2 Å². The van der Waals surface area contributed by atoms with Crippen molar-refractivity contribution in [3.63, 3.8) is 0 Å². The standard InChI is InChI=1S/C16H19ClN2O6/c1-4-25-15(21)12-9(7-17)18-16(22)19-13(12)8-5-10(23-2)14(20)11(6-8)24-3/h5-6,13,20H,4,7H2,1-3H3,(H2,18,19,22)/t13-/m0/s1. The van der Waals surface area contributed by atoms with Crippen LogP contribution >= 0.6 is 11.6 Å². The highest BCUT2D eigenvalue weighted by Gasteiger charge is 2.34. The van der Waals surface area contributed by atoms with Crippen molar-refractivity contribution in [1.82, 2.24) is 10.6 Å². The molecule has 9 heteroatoms. The van der Waals surface area contributed by atoms with E-state index in [0.29, 0.717) is 5.56 Å². The third kappa shape index (κ3) is 3.74. The van der Waals surface area contributed by atoms with Gasteiger partial charge < -0.3 is 30.0 Å². The number of amides is 2. The molecule has 0 radical (unpaired) electrons. The van der Waals surface area contributed by atoms with E-state index in [9.17, 15) is 14.7 Å². The molecular weight excluding hydrogens is 352 g/mol. The number of aromatic hydroxyl groups is 1. The van der Waals surface area contributed by atoms with Crippen LogP contribution in [0.4, 0.5) is 4.79 Å². The van der Waals surface area contributed by atoms with Gasteiger partial charge in [-0.15, -0.1) is 11.6 Å². The zero-order valence-electron chi connectivity index (χ0n) is 14.0. The van der Waals surface area contributed by atoms with Crippen molar-refractivity contribution in [1.29, 1.82) is 0 Å². The molecule has 136 valence electrons. The summed E-state index contributed by atoms with van der Waals surface area (Å²) in [4.78, 5) is 24.3. The number of allylic oxidation sites excluding steroid dienone is 1. The Morgan fingerprint density at radius 2 is 1.88 bits per heavy atom. The third-order valence-electron chi connectivity index (χ3n) is 3.62. The fraction of sp³-hybridized carbons (Fsp3) is 0.375. The molecule has 1 aromatic carbocycles. The smallest absolute Gasteiger partial charge is 0.338 e. The molecule has 1 aromatic rings. The Hall–Kier alpha value is -2.61. The van der Waals surface area contributed by atoms with Crippen molar-refractivity contribution in [3.05, 3.63) is 29.0 Å². The summed E-state index contributed by atoms with van der Waals surface area (Å²) < 4.78 is 15.3. The molecule has 3 N–H and O–H groups in total. The number of phenolic OH excluding ortho intramolecular Hbond substituents is 1. The SMILES string of the molecule is CCOC(=O)C1=C(CCl)NC(=O)N[C@H]1c1cc(OC)c(O)c(OC)c1. The minimum absolute atomic E-state index is 0.0789. The summed E-state index contributed by atoms with van der Waals surface area (Å²) >= 11 is 5.88. The van der Waals surface area contributed by atoms with Crippen LogP contribution in [0.15, 0.2) is 23.4 Å². The number of phenols is 1. The van der Waals surface area contributed by atoms with Crippen LogP contribution in [-0.2, 0) is 9.53 Å². The zero-order valence-corrected chi connectivity index (χ0v) is 14.8. The lowest BCUT2D eigenvalue weighted by molar-refractivity contribution is -0.139. The van der Waals surface area contributed by atoms with Gasteiger partial charge in [-0.3, -0.25) is 0 Å². The molecule has 0 unspecified atom stereocenters. The maximum Gasteiger partial charge on any atom is 0.338 e. The molecule has 0 fully saturated rings. The molecule has 1 heterocycles. The summed E-state index contributed by atoms with van der Waals surface area (Å²) in [6.07, 6.45) is 0. The zero-order chi connectivity index (χ0) is 18.6. The number of halogens is 1. The first kappa shape index (κ1) is 18.7. The normalized spacial score (nSPS) is 16.8. The molecule has 2 rings (SSSR count). The van der Waals surface area contributed by atoms with Gasteiger partial charge in [-0.1, -0.05) is 0 Å². The van der Waals surface area contributed by atoms with Gasteiger partial charge in [0.1, 0.15) is 0 Å². The van der Waals surface area contributed by atoms with E-state index < -0.39 is 18.0 Å². The van der Waals surface area contributed by atoms with Crippen molar-refractivity contribution in [2.24, 2.45) is 0 Å². The molecule has 0 aromatic heterocycles. The van der Waals surface area contributed by atoms with E-state index in [1.165, 1.54) is 26.4 Å². The number of alkyl halides is 1. The molecule has 25 heavy (non-hydrogen) atoms. The Labute approximate surface area is 149 Å². The average molecular weight is 371 g/mol. The van der Waals surface area contributed by atoms with E-state index in [-0.39, 0.29) is 41.0 Å². The number of methoxy groups -OCH3 is 2. The van der Waals surface area contributed by atoms with Crippen LogP contribution in [0.5, 0.6) is 17.2 Å². The van der Waals surface area contributed by atoms with Gasteiger partial charge in [0.15, 0.2) is 11.5 Å². The summed E-state index contributed by atoms with van der Waals surface area (Å²) in [5.41, 5.74) is 0.887. The number of benzene rings is 1. The Morgan fingerprint density at radius 3 is 2.36 bits per heavy atom. The Balaban J connectivity index is 2.61. The van der Waals surface area contributed by atoms with Gasteiger partial charge in [0.05, 0.1) is 38.3 Å². The summed E-state index contributed by atoms with van der Waals surface area (Å²) in [7, 11) is 2.76. The first-order chi connectivity index (χ1) is 12.0. The quantitative estimate of drug-likeness (QED) is 0.521. The number of hydrogen-bond acceptors (Lipinski definition) is 6. The highest BCUT2D eigenvalue weighted by Crippen LogP contribution is 2.40. The lowest BCUT2D eigenvalue weighted by atomic mass is 9.95. The summed E-state index contributed by atoms with van der Waals surface area (Å²) in [6.45, 7) is 1.84. The second kappa shape index (κ2) is 7.98. The van der Waals surface area contributed by atoms with Crippen LogP contribution in [-0.4, -0.2) is 43.8 Å². The van der Waals surface area contributed by atoms with E-state index in [4.69, 9.17) is 25.8 Å². The van der Waals surface area contributed by atoms with Crippen LogP contribution in [0, 0.1) is 0 Å². The number of ether oxygens (including phenoxy) is 3. The Kier molecular flexibility index (Phi) is 5.97. The van der Waals surface area contributed by atoms with Gasteiger partial charge >= 0.3 is 12.0 Å². The predicted octanol–water partition coefficient (Wildman–Crippen LogP) is 1.82. The molecule has 0 saturated carbocycles. The Bertz CT molecular complexity index is 694. The number of esters is 1. The van der Waals surface area contributed by atoms with Gasteiger partial charge in [0, 0.05) is 5.70 Å². The molecule has 1 aliphatic rings. The lowest BCUT2D eigenvalue weighted by Crippen LogP contribution is -2.46. The molecule has 2 amide bonds. The van der Waals surface area contributed by atoms with E-state index in [0.717, 1.165) is 0 Å². The van der Waals surface area contributed by atoms with Crippen molar-refractivity contribution in [2.75, 3.05) is 26.7 Å². The summed E-state index contributed by atoms with van der Waals surface area (Å²) in [6, 6.07) is 1.64. The molecule has 0 saturated heterocycles. The largest absolute Gasteiger partial charge is 0.502 e. The predicted molar refractivity (Wildman–Crippen MR) is 90.0 cm³/mol. The van der Waals surface area contributed by atoms with Crippen LogP contribution in [0.25, 0.3) is 0 Å². The monoisotopic (exact) mass is 370 g/mol. The minimum Gasteiger partial charge on any atom is -0.502 e. The highest BCUT2D eigenvalue weighted by atomic mass is 35.5. The van der Waals surface area contributed by atoms with Crippen LogP contribution in [0.3, 0.4) is 0 Å². The topological polar surface area (TPSA) is 106 Å². The average Bonchev–Trinajstić information content (AvgIpc) is 2.61. The number of urea groups is 1. The van der Waals surface area contributed by atoms with E-state index in [1.54, 1.807) is 6.92 Å². The second-order valence-electron chi connectivity index (χ2n) is 5.05. The van der Waals surface area contributed by atoms with Gasteiger partial charge in [-0.25, -0.2) is 9.59 Å². The number of carbonyl (C=O) groups excluding carboxylic acids is 2. The molecule has 8 nitrogen and oxygen atoms in total.